The number of Topliss-reactive ketones (excluding diaryl/α,β-unsaturated/α-hetero) is 1. The number of hydrogen-bond donors (Lipinski definition) is 1. The minimum atomic E-state index is 0.291. The van der Waals surface area contributed by atoms with Crippen molar-refractivity contribution in [3.8, 4) is 0 Å². The van der Waals surface area contributed by atoms with E-state index in [1.165, 1.54) is 0 Å². The van der Waals surface area contributed by atoms with Crippen LogP contribution in [-0.2, 0) is 6.42 Å². The van der Waals surface area contributed by atoms with Gasteiger partial charge in [0.05, 0.1) is 0 Å². The van der Waals surface area contributed by atoms with E-state index in [1.54, 1.807) is 0 Å². The second-order valence-electron chi connectivity index (χ2n) is 2.77. The van der Waals surface area contributed by atoms with Crippen LogP contribution in [0, 0.1) is 6.92 Å². The van der Waals surface area contributed by atoms with Crippen LogP contribution >= 0.6 is 0 Å². The van der Waals surface area contributed by atoms with Gasteiger partial charge in [-0.05, 0) is 19.4 Å². The molecule has 0 unspecified atom stereocenters. The van der Waals surface area contributed by atoms with E-state index in [2.05, 4.69) is 4.98 Å². The van der Waals surface area contributed by atoms with Gasteiger partial charge in [-0.25, -0.2) is 0 Å². The topological polar surface area (TPSA) is 32.9 Å². The summed E-state index contributed by atoms with van der Waals surface area (Å²) in [5, 5.41) is 0. The lowest BCUT2D eigenvalue weighted by atomic mass is 10.2. The Bertz CT molecular complexity index is 285. The summed E-state index contributed by atoms with van der Waals surface area (Å²) >= 11 is 0. The van der Waals surface area contributed by atoms with Crippen LogP contribution in [0.15, 0.2) is 6.07 Å². The highest BCUT2D eigenvalue weighted by Gasteiger charge is 2.20. The third-order valence-electron chi connectivity index (χ3n) is 1.94. The Kier molecular flexibility index (Phi) is 0.982. The van der Waals surface area contributed by atoms with Crippen LogP contribution in [0.25, 0.3) is 0 Å². The lowest BCUT2D eigenvalue weighted by Crippen LogP contribution is -1.87. The van der Waals surface area contributed by atoms with Crippen LogP contribution in [0.3, 0.4) is 0 Å². The molecule has 2 heteroatoms. The van der Waals surface area contributed by atoms with E-state index in [0.29, 0.717) is 12.2 Å². The molecular formula is C8H9NO. The van der Waals surface area contributed by atoms with Crippen LogP contribution in [-0.4, -0.2) is 10.8 Å². The number of H-pyrrole nitrogens is 1. The lowest BCUT2D eigenvalue weighted by Gasteiger charge is -1.83. The zero-order valence-electron chi connectivity index (χ0n) is 5.90. The first-order valence-corrected chi connectivity index (χ1v) is 3.49. The standard InChI is InChI=1S/C8H9NO/c1-5-4-6-7(9-5)2-3-8(6)10/h4,9H,2-3H2,1H3. The van der Waals surface area contributed by atoms with E-state index < -0.39 is 0 Å². The number of ketones is 1. The molecule has 1 N–H and O–H groups in total. The maximum absolute atomic E-state index is 11.1. The van der Waals surface area contributed by atoms with Crippen LogP contribution in [0.4, 0.5) is 0 Å². The molecule has 0 aliphatic heterocycles. The summed E-state index contributed by atoms with van der Waals surface area (Å²) < 4.78 is 0. The first-order valence-electron chi connectivity index (χ1n) is 3.49. The summed E-state index contributed by atoms with van der Waals surface area (Å²) in [4.78, 5) is 14.2. The zero-order valence-corrected chi connectivity index (χ0v) is 5.90. The molecule has 0 aromatic carbocycles. The van der Waals surface area contributed by atoms with E-state index in [1.807, 2.05) is 13.0 Å². The highest BCUT2D eigenvalue weighted by molar-refractivity contribution is 6.00. The molecule has 0 saturated heterocycles. The van der Waals surface area contributed by atoms with Gasteiger partial charge in [-0.1, -0.05) is 0 Å². The predicted octanol–water partition coefficient (Wildman–Crippen LogP) is 1.45. The Labute approximate surface area is 59.3 Å². The van der Waals surface area contributed by atoms with Crippen molar-refractivity contribution in [2.75, 3.05) is 0 Å². The van der Waals surface area contributed by atoms with E-state index in [9.17, 15) is 4.79 Å². The number of rotatable bonds is 0. The highest BCUT2D eigenvalue weighted by Crippen LogP contribution is 2.21. The number of carbonyl (C=O) groups excluding carboxylic acids is 1. The average Bonchev–Trinajstić information content (AvgIpc) is 2.35. The van der Waals surface area contributed by atoms with Gasteiger partial charge < -0.3 is 4.98 Å². The lowest BCUT2D eigenvalue weighted by molar-refractivity contribution is 0.0994. The van der Waals surface area contributed by atoms with Gasteiger partial charge in [0.1, 0.15) is 0 Å². The van der Waals surface area contributed by atoms with Crippen molar-refractivity contribution in [3.63, 3.8) is 0 Å². The van der Waals surface area contributed by atoms with Crippen LogP contribution in [0.1, 0.15) is 28.2 Å². The quantitative estimate of drug-likeness (QED) is 0.573. The zero-order chi connectivity index (χ0) is 7.14. The third kappa shape index (κ3) is 0.618. The molecule has 0 fully saturated rings. The fraction of sp³-hybridized carbons (Fsp3) is 0.375. The van der Waals surface area contributed by atoms with Crippen LogP contribution in [0.5, 0.6) is 0 Å². The summed E-state index contributed by atoms with van der Waals surface area (Å²) in [6.45, 7) is 1.98. The molecule has 2 nitrogen and oxygen atoms in total. The predicted molar refractivity (Wildman–Crippen MR) is 38.2 cm³/mol. The summed E-state index contributed by atoms with van der Waals surface area (Å²) in [6, 6.07) is 1.94. The Morgan fingerprint density at radius 1 is 1.50 bits per heavy atom. The number of carbonyl (C=O) groups is 1. The van der Waals surface area contributed by atoms with Crippen molar-refractivity contribution in [2.45, 2.75) is 19.8 Å². The molecular weight excluding hydrogens is 126 g/mol. The summed E-state index contributed by atoms with van der Waals surface area (Å²) in [7, 11) is 0. The fourth-order valence-corrected chi connectivity index (χ4v) is 1.46. The van der Waals surface area contributed by atoms with Crippen molar-refractivity contribution < 1.29 is 4.79 Å². The number of hydrogen-bond acceptors (Lipinski definition) is 1. The Hall–Kier alpha value is -1.05. The van der Waals surface area contributed by atoms with E-state index in [4.69, 9.17) is 0 Å². The molecule has 2 rings (SSSR count). The van der Waals surface area contributed by atoms with Crippen molar-refractivity contribution in [3.05, 3.63) is 23.0 Å². The van der Waals surface area contributed by atoms with Crippen LogP contribution < -0.4 is 0 Å². The Morgan fingerprint density at radius 2 is 2.30 bits per heavy atom. The molecule has 1 aliphatic rings. The minimum Gasteiger partial charge on any atom is -0.362 e. The van der Waals surface area contributed by atoms with E-state index >= 15 is 0 Å². The third-order valence-corrected chi connectivity index (χ3v) is 1.94. The average molecular weight is 135 g/mol. The van der Waals surface area contributed by atoms with Crippen molar-refractivity contribution in [2.24, 2.45) is 0 Å². The number of aromatic nitrogens is 1. The number of aryl methyl sites for hydroxylation is 2. The molecule has 1 aromatic rings. The minimum absolute atomic E-state index is 0.291. The second-order valence-corrected chi connectivity index (χ2v) is 2.77. The number of nitrogens with one attached hydrogen (secondary N) is 1. The molecule has 0 radical (unpaired) electrons. The van der Waals surface area contributed by atoms with Gasteiger partial charge in [0, 0.05) is 23.4 Å². The smallest absolute Gasteiger partial charge is 0.165 e. The van der Waals surface area contributed by atoms with Gasteiger partial charge in [-0.2, -0.15) is 0 Å². The molecule has 0 atom stereocenters. The fourth-order valence-electron chi connectivity index (χ4n) is 1.46. The monoisotopic (exact) mass is 135 g/mol. The van der Waals surface area contributed by atoms with Crippen molar-refractivity contribution >= 4 is 5.78 Å². The number of aromatic amines is 1. The molecule has 0 bridgehead atoms. The first-order chi connectivity index (χ1) is 4.77. The summed E-state index contributed by atoms with van der Waals surface area (Å²) in [5.74, 6) is 0.291. The highest BCUT2D eigenvalue weighted by atomic mass is 16.1. The van der Waals surface area contributed by atoms with Gasteiger partial charge in [0.2, 0.25) is 0 Å². The number of fused-ring (bicyclic) bond motifs is 1. The molecule has 52 valence electrons. The molecule has 0 saturated carbocycles. The SMILES string of the molecule is Cc1cc2c([nH]1)CCC2=O. The Morgan fingerprint density at radius 3 is 3.00 bits per heavy atom. The van der Waals surface area contributed by atoms with Crippen molar-refractivity contribution in [1.82, 2.24) is 4.98 Å². The van der Waals surface area contributed by atoms with Gasteiger partial charge in [0.15, 0.2) is 5.78 Å². The molecule has 0 amide bonds. The summed E-state index contributed by atoms with van der Waals surface area (Å²) in [6.07, 6.45) is 1.60. The second kappa shape index (κ2) is 1.72. The van der Waals surface area contributed by atoms with Crippen molar-refractivity contribution in [1.29, 1.82) is 0 Å². The van der Waals surface area contributed by atoms with Gasteiger partial charge >= 0.3 is 0 Å². The Balaban J connectivity index is 2.59. The van der Waals surface area contributed by atoms with Crippen LogP contribution in [0.2, 0.25) is 0 Å². The molecule has 1 aromatic heterocycles. The summed E-state index contributed by atoms with van der Waals surface area (Å²) in [5.41, 5.74) is 3.14. The van der Waals surface area contributed by atoms with Gasteiger partial charge in [-0.15, -0.1) is 0 Å². The molecule has 1 aliphatic carbocycles. The van der Waals surface area contributed by atoms with Gasteiger partial charge in [-0.3, -0.25) is 4.79 Å². The maximum atomic E-state index is 11.1. The molecule has 0 spiro atoms. The normalized spacial score (nSPS) is 15.9. The molecule has 10 heavy (non-hydrogen) atoms. The van der Waals surface area contributed by atoms with E-state index in [0.717, 1.165) is 23.4 Å². The maximum Gasteiger partial charge on any atom is 0.165 e. The van der Waals surface area contributed by atoms with E-state index in [-0.39, 0.29) is 0 Å². The van der Waals surface area contributed by atoms with Gasteiger partial charge in [0.25, 0.3) is 0 Å². The largest absolute Gasteiger partial charge is 0.362 e. The molecule has 1 heterocycles. The first kappa shape index (κ1) is 5.71.